The Kier molecular flexibility index (Phi) is 5.90. The predicted octanol–water partition coefficient (Wildman–Crippen LogP) is 2.00. The largest absolute Gasteiger partial charge is 0.370 e. The van der Waals surface area contributed by atoms with Crippen LogP contribution in [0, 0.1) is 3.57 Å². The molecule has 98 valence electrons. The Morgan fingerprint density at radius 3 is 2.39 bits per heavy atom. The van der Waals surface area contributed by atoms with Gasteiger partial charge in [-0.25, -0.2) is 0 Å². The molecule has 1 aromatic rings. The van der Waals surface area contributed by atoms with Gasteiger partial charge in [-0.1, -0.05) is 0 Å². The van der Waals surface area contributed by atoms with Crippen molar-refractivity contribution in [3.05, 3.63) is 27.8 Å². The summed E-state index contributed by atoms with van der Waals surface area (Å²) >= 11 is 2.26. The second-order valence-electron chi connectivity index (χ2n) is 3.94. The van der Waals surface area contributed by atoms with Crippen molar-refractivity contribution in [3.63, 3.8) is 0 Å². The van der Waals surface area contributed by atoms with Gasteiger partial charge in [0.2, 0.25) is 5.96 Å². The lowest BCUT2D eigenvalue weighted by Crippen LogP contribution is -2.41. The smallest absolute Gasteiger partial charge is 0.202 e. The molecule has 5 nitrogen and oxygen atoms in total. The van der Waals surface area contributed by atoms with Gasteiger partial charge in [0, 0.05) is 22.3 Å². The van der Waals surface area contributed by atoms with Gasteiger partial charge in [-0.05, 0) is 60.7 Å². The summed E-state index contributed by atoms with van der Waals surface area (Å²) in [4.78, 5) is 8.27. The number of aliphatic imine (C=N–C) groups is 2. The maximum Gasteiger partial charge on any atom is 0.202 e. The van der Waals surface area contributed by atoms with E-state index in [9.17, 15) is 0 Å². The van der Waals surface area contributed by atoms with Crippen LogP contribution in [0.25, 0.3) is 0 Å². The first-order chi connectivity index (χ1) is 8.51. The van der Waals surface area contributed by atoms with Gasteiger partial charge in [0.25, 0.3) is 0 Å². The van der Waals surface area contributed by atoms with Gasteiger partial charge in [0.1, 0.15) is 0 Å². The molecule has 0 saturated heterocycles. The monoisotopic (exact) mass is 359 g/mol. The summed E-state index contributed by atoms with van der Waals surface area (Å²) in [6, 6.07) is 8.13. The summed E-state index contributed by atoms with van der Waals surface area (Å²) in [5.41, 5.74) is 6.69. The maximum absolute atomic E-state index is 5.75. The van der Waals surface area contributed by atoms with Crippen molar-refractivity contribution in [1.29, 1.82) is 0 Å². The van der Waals surface area contributed by atoms with Gasteiger partial charge in [0.05, 0.1) is 0 Å². The zero-order valence-electron chi connectivity index (χ0n) is 10.7. The van der Waals surface area contributed by atoms with E-state index in [4.69, 9.17) is 5.73 Å². The highest BCUT2D eigenvalue weighted by Gasteiger charge is 2.01. The lowest BCUT2D eigenvalue weighted by atomic mass is 10.3. The van der Waals surface area contributed by atoms with E-state index in [2.05, 4.69) is 43.2 Å². The lowest BCUT2D eigenvalue weighted by molar-refractivity contribution is 0.827. The molecule has 0 aliphatic rings. The van der Waals surface area contributed by atoms with E-state index >= 15 is 0 Å². The third-order valence-corrected chi connectivity index (χ3v) is 2.69. The average Bonchev–Trinajstić information content (AvgIpc) is 2.30. The Labute approximate surface area is 121 Å². The van der Waals surface area contributed by atoms with Crippen LogP contribution in [0.15, 0.2) is 34.3 Å². The molecule has 0 aromatic heterocycles. The molecule has 0 spiro atoms. The van der Waals surface area contributed by atoms with Crippen molar-refractivity contribution in [3.8, 4) is 0 Å². The predicted molar refractivity (Wildman–Crippen MR) is 86.0 cm³/mol. The van der Waals surface area contributed by atoms with E-state index in [-0.39, 0.29) is 6.04 Å². The van der Waals surface area contributed by atoms with Crippen molar-refractivity contribution in [1.82, 2.24) is 5.32 Å². The molecule has 0 bridgehead atoms. The molecular formula is C12H18IN5. The van der Waals surface area contributed by atoms with E-state index in [1.54, 1.807) is 7.05 Å². The second kappa shape index (κ2) is 7.20. The highest BCUT2D eigenvalue weighted by atomic mass is 127. The second-order valence-corrected chi connectivity index (χ2v) is 5.18. The molecule has 1 aromatic carbocycles. The molecule has 0 radical (unpaired) electrons. The number of hydrogen-bond donors (Lipinski definition) is 3. The van der Waals surface area contributed by atoms with Crippen molar-refractivity contribution in [2.45, 2.75) is 19.9 Å². The normalized spacial score (nSPS) is 12.7. The molecule has 4 N–H and O–H groups in total. The Bertz CT molecular complexity index is 436. The summed E-state index contributed by atoms with van der Waals surface area (Å²) in [6.45, 7) is 3.92. The minimum Gasteiger partial charge on any atom is -0.370 e. The van der Waals surface area contributed by atoms with Gasteiger partial charge in [-0.3, -0.25) is 15.3 Å². The first-order valence-electron chi connectivity index (χ1n) is 5.61. The molecule has 0 heterocycles. The van der Waals surface area contributed by atoms with E-state index < -0.39 is 0 Å². The summed E-state index contributed by atoms with van der Waals surface area (Å²) in [7, 11) is 1.69. The molecule has 0 amide bonds. The van der Waals surface area contributed by atoms with E-state index in [0.717, 1.165) is 5.69 Å². The Balaban J connectivity index is 2.66. The minimum absolute atomic E-state index is 0.147. The average molecular weight is 359 g/mol. The quantitative estimate of drug-likeness (QED) is 0.430. The van der Waals surface area contributed by atoms with Crippen LogP contribution < -0.4 is 16.4 Å². The van der Waals surface area contributed by atoms with Gasteiger partial charge >= 0.3 is 0 Å². The third-order valence-electron chi connectivity index (χ3n) is 1.97. The van der Waals surface area contributed by atoms with Crippen LogP contribution in [-0.4, -0.2) is 25.0 Å². The standard InChI is InChI=1S/C12H18IN5/c1-8(2)16-11(14)18-12(15-3)17-10-6-4-9(13)5-7-10/h4-8H,1-3H3,(H4,14,15,16,17,18). The maximum atomic E-state index is 5.75. The minimum atomic E-state index is 0.147. The highest BCUT2D eigenvalue weighted by Crippen LogP contribution is 2.10. The Hall–Kier alpha value is -1.31. The summed E-state index contributed by atoms with van der Waals surface area (Å²) in [6.07, 6.45) is 0. The number of nitrogens with one attached hydrogen (secondary N) is 2. The molecule has 0 atom stereocenters. The molecule has 18 heavy (non-hydrogen) atoms. The number of rotatable bonds is 2. The van der Waals surface area contributed by atoms with Gasteiger partial charge in [-0.2, -0.15) is 0 Å². The lowest BCUT2D eigenvalue weighted by Gasteiger charge is -2.11. The van der Waals surface area contributed by atoms with E-state index in [0.29, 0.717) is 11.9 Å². The van der Waals surface area contributed by atoms with Gasteiger partial charge in [-0.15, -0.1) is 0 Å². The van der Waals surface area contributed by atoms with Crippen LogP contribution in [0.3, 0.4) is 0 Å². The van der Waals surface area contributed by atoms with Crippen molar-refractivity contribution < 1.29 is 0 Å². The summed E-state index contributed by atoms with van der Waals surface area (Å²) in [5.74, 6) is 0.918. The summed E-state index contributed by atoms with van der Waals surface area (Å²) < 4.78 is 1.18. The van der Waals surface area contributed by atoms with Gasteiger partial charge in [0.15, 0.2) is 5.96 Å². The number of halogens is 1. The van der Waals surface area contributed by atoms with Crippen LogP contribution in [0.5, 0.6) is 0 Å². The fourth-order valence-corrected chi connectivity index (χ4v) is 1.60. The van der Waals surface area contributed by atoms with Crippen LogP contribution in [0.4, 0.5) is 5.69 Å². The van der Waals surface area contributed by atoms with Crippen LogP contribution in [0.2, 0.25) is 0 Å². The number of guanidine groups is 2. The number of nitrogens with zero attached hydrogens (tertiary/aromatic N) is 2. The molecule has 0 fully saturated rings. The number of benzene rings is 1. The SMILES string of the molecule is CN=C(NC(N)=NC(C)C)Nc1ccc(I)cc1. The van der Waals surface area contributed by atoms with Crippen LogP contribution >= 0.6 is 22.6 Å². The van der Waals surface area contributed by atoms with E-state index in [1.807, 2.05) is 38.1 Å². The molecular weight excluding hydrogens is 341 g/mol. The van der Waals surface area contributed by atoms with Crippen LogP contribution in [-0.2, 0) is 0 Å². The number of anilines is 1. The molecule has 0 saturated carbocycles. The number of nitrogens with two attached hydrogens (primary N) is 1. The number of hydrogen-bond acceptors (Lipinski definition) is 2. The molecule has 0 aliphatic carbocycles. The molecule has 0 aliphatic heterocycles. The fraction of sp³-hybridized carbons (Fsp3) is 0.333. The van der Waals surface area contributed by atoms with E-state index in [1.165, 1.54) is 3.57 Å². The highest BCUT2D eigenvalue weighted by molar-refractivity contribution is 14.1. The fourth-order valence-electron chi connectivity index (χ4n) is 1.24. The molecule has 1 rings (SSSR count). The first-order valence-corrected chi connectivity index (χ1v) is 6.69. The Morgan fingerprint density at radius 1 is 1.28 bits per heavy atom. The van der Waals surface area contributed by atoms with Gasteiger partial charge < -0.3 is 11.1 Å². The first kappa shape index (κ1) is 14.7. The molecule has 0 unspecified atom stereocenters. The van der Waals surface area contributed by atoms with Crippen LogP contribution in [0.1, 0.15) is 13.8 Å². The topological polar surface area (TPSA) is 74.8 Å². The van der Waals surface area contributed by atoms with Crippen molar-refractivity contribution in [2.24, 2.45) is 15.7 Å². The van der Waals surface area contributed by atoms with Crippen molar-refractivity contribution >= 4 is 40.2 Å². The zero-order chi connectivity index (χ0) is 13.5. The zero-order valence-corrected chi connectivity index (χ0v) is 12.9. The van der Waals surface area contributed by atoms with Crippen molar-refractivity contribution in [2.75, 3.05) is 12.4 Å². The third kappa shape index (κ3) is 5.35. The summed E-state index contributed by atoms with van der Waals surface area (Å²) in [5, 5.41) is 6.06. The Morgan fingerprint density at radius 2 is 1.89 bits per heavy atom. The molecule has 6 heteroatoms.